The molecule has 4 fully saturated rings. The summed E-state index contributed by atoms with van der Waals surface area (Å²) in [7, 11) is 1.77. The molecule has 2 aromatic carbocycles. The molecule has 61 heavy (non-hydrogen) atoms. The topological polar surface area (TPSA) is 162 Å². The highest BCUT2D eigenvalue weighted by atomic mass is 32.1. The summed E-state index contributed by atoms with van der Waals surface area (Å²) in [4.78, 5) is 56.6. The van der Waals surface area contributed by atoms with E-state index in [-0.39, 0.29) is 71.8 Å². The molecule has 0 bridgehead atoms. The molecule has 7 rings (SSSR count). The van der Waals surface area contributed by atoms with Gasteiger partial charge in [-0.3, -0.25) is 39.0 Å². The van der Waals surface area contributed by atoms with E-state index in [1.54, 1.807) is 31.6 Å². The predicted molar refractivity (Wildman–Crippen MR) is 223 cm³/mol. The van der Waals surface area contributed by atoms with Gasteiger partial charge < -0.3 is 19.7 Å². The van der Waals surface area contributed by atoms with Crippen LogP contribution in [0.1, 0.15) is 102 Å². The lowest BCUT2D eigenvalue weighted by Crippen LogP contribution is -2.51. The zero-order valence-electron chi connectivity index (χ0n) is 34.9. The van der Waals surface area contributed by atoms with Gasteiger partial charge in [0.1, 0.15) is 5.54 Å². The van der Waals surface area contributed by atoms with Crippen LogP contribution in [0.3, 0.4) is 0 Å². The quantitative estimate of drug-likeness (QED) is 0.134. The van der Waals surface area contributed by atoms with Crippen LogP contribution in [-0.4, -0.2) is 104 Å². The van der Waals surface area contributed by atoms with E-state index in [2.05, 4.69) is 34.5 Å². The number of nitrogens with zero attached hydrogens (tertiary/aromatic N) is 6. The third-order valence-corrected chi connectivity index (χ3v) is 13.0. The van der Waals surface area contributed by atoms with Crippen LogP contribution in [-0.2, 0) is 41.9 Å². The number of hydrogen-bond acceptors (Lipinski definition) is 10. The zero-order valence-corrected chi connectivity index (χ0v) is 35.7. The molecule has 4 aliphatic rings. The van der Waals surface area contributed by atoms with Gasteiger partial charge in [-0.25, -0.2) is 0 Å². The average molecular weight is 865 g/mol. The number of halogens is 3. The Hall–Kier alpha value is -4.96. The Balaban J connectivity index is 0.861. The fourth-order valence-electron chi connectivity index (χ4n) is 9.60. The number of fused-ring (bicyclic) bond motifs is 1. The Morgan fingerprint density at radius 1 is 1.02 bits per heavy atom. The lowest BCUT2D eigenvalue weighted by Gasteiger charge is -2.42. The summed E-state index contributed by atoms with van der Waals surface area (Å²) in [6, 6.07) is 10.3. The largest absolute Gasteiger partial charge is 0.417 e. The molecule has 0 spiro atoms. The number of rotatable bonds is 11. The number of hydrogen-bond donors (Lipinski definition) is 2. The molecule has 1 saturated carbocycles. The number of amides is 4. The number of para-hydroxylation sites is 1. The minimum atomic E-state index is -4.77. The number of ether oxygens (including phenoxy) is 2. The molecule has 4 amide bonds. The number of nitriles is 1. The van der Waals surface area contributed by atoms with Gasteiger partial charge in [-0.15, -0.1) is 0 Å². The highest BCUT2D eigenvalue weighted by Crippen LogP contribution is 2.41. The van der Waals surface area contributed by atoms with Gasteiger partial charge >= 0.3 is 6.18 Å². The third kappa shape index (κ3) is 8.88. The van der Waals surface area contributed by atoms with Crippen LogP contribution in [0.4, 0.5) is 24.5 Å². The molecule has 4 heterocycles. The molecule has 4 atom stereocenters. The number of carbonyl (C=O) groups is 4. The molecule has 1 aliphatic carbocycles. The van der Waals surface area contributed by atoms with Crippen molar-refractivity contribution in [2.24, 2.45) is 7.05 Å². The van der Waals surface area contributed by atoms with Crippen LogP contribution < -0.4 is 15.5 Å². The minimum Gasteiger partial charge on any atom is -0.376 e. The lowest BCUT2D eigenvalue weighted by molar-refractivity contribution is -0.138. The van der Waals surface area contributed by atoms with Crippen molar-refractivity contribution in [1.29, 1.82) is 5.26 Å². The normalized spacial score (nSPS) is 26.1. The summed E-state index contributed by atoms with van der Waals surface area (Å²) in [5.74, 6) is -1.79. The molecule has 0 radical (unpaired) electrons. The van der Waals surface area contributed by atoms with Gasteiger partial charge in [0, 0.05) is 37.0 Å². The number of aryl methyl sites for hydroxylation is 1. The van der Waals surface area contributed by atoms with Crippen molar-refractivity contribution in [1.82, 2.24) is 24.9 Å². The second kappa shape index (κ2) is 17.4. The fraction of sp³-hybridized carbons (Fsp3) is 0.558. The molecule has 1 unspecified atom stereocenters. The van der Waals surface area contributed by atoms with E-state index in [0.717, 1.165) is 35.3 Å². The van der Waals surface area contributed by atoms with Crippen molar-refractivity contribution >= 4 is 63.2 Å². The van der Waals surface area contributed by atoms with Crippen molar-refractivity contribution in [2.45, 2.75) is 127 Å². The number of imide groups is 1. The second-order valence-corrected chi connectivity index (χ2v) is 17.5. The maximum atomic E-state index is 13.7. The number of anilines is 2. The number of piperidine rings is 2. The second-order valence-electron chi connectivity index (χ2n) is 17.1. The van der Waals surface area contributed by atoms with Gasteiger partial charge in [0.25, 0.3) is 5.91 Å². The standard InChI is InChI=1S/C43H51F3N8O6S/c1-24-19-30(20-25(2)52(24)23-36(56)48-34-8-6-7-31-37(50-51(5)38(31)34)32-15-16-35(55)49-39(32)57)60-18-17-59-29-13-11-27(12-14-29)54-41(61)53(40(58)42(54,3)4)28-10-9-26(22-47)33(21-28)43(44,45)46/h6-10,21,24-25,27,29-30,32H,11-20,23H2,1-5H3,(H,48,56)(H,49,55,57)/t24-,25+,27-,29-,30+,32?. The van der Waals surface area contributed by atoms with Crippen LogP contribution >= 0.6 is 12.2 Å². The van der Waals surface area contributed by atoms with Crippen molar-refractivity contribution in [2.75, 3.05) is 30.0 Å². The number of benzene rings is 2. The first-order chi connectivity index (χ1) is 28.9. The summed E-state index contributed by atoms with van der Waals surface area (Å²) >= 11 is 5.74. The molecule has 2 N–H and O–H groups in total. The Kier molecular flexibility index (Phi) is 12.6. The first-order valence-corrected chi connectivity index (χ1v) is 21.2. The fourth-order valence-corrected chi connectivity index (χ4v) is 10.2. The van der Waals surface area contributed by atoms with Crippen LogP contribution in [0, 0.1) is 11.3 Å². The number of carbonyl (C=O) groups excluding carboxylic acids is 4. The van der Waals surface area contributed by atoms with Gasteiger partial charge in [-0.2, -0.15) is 23.5 Å². The highest BCUT2D eigenvalue weighted by molar-refractivity contribution is 7.80. The first-order valence-electron chi connectivity index (χ1n) is 20.8. The van der Waals surface area contributed by atoms with Gasteiger partial charge in [0.15, 0.2) is 5.11 Å². The first kappa shape index (κ1) is 44.1. The van der Waals surface area contributed by atoms with Gasteiger partial charge in [0.05, 0.1) is 77.7 Å². The van der Waals surface area contributed by atoms with E-state index >= 15 is 0 Å². The van der Waals surface area contributed by atoms with E-state index in [9.17, 15) is 37.6 Å². The molecular formula is C43H51F3N8O6S. The van der Waals surface area contributed by atoms with E-state index < -0.39 is 34.7 Å². The SMILES string of the molecule is C[C@@H]1C[C@H](OCCO[C@H]2CC[C@H](N3C(=S)N(c4ccc(C#N)c(C(F)(F)F)c4)C(=O)C3(C)C)CC2)C[C@H](C)N1CC(=O)Nc1cccc2c(C3CCC(=O)NC3=O)nn(C)c12. The van der Waals surface area contributed by atoms with Crippen LogP contribution in [0.5, 0.6) is 0 Å². The number of alkyl halides is 3. The van der Waals surface area contributed by atoms with Crippen molar-refractivity contribution in [3.8, 4) is 6.07 Å². The van der Waals surface area contributed by atoms with Crippen molar-refractivity contribution in [3.63, 3.8) is 0 Å². The zero-order chi connectivity index (χ0) is 44.0. The number of aromatic nitrogens is 2. The average Bonchev–Trinajstić information content (AvgIpc) is 3.62. The molecule has 326 valence electrons. The van der Waals surface area contributed by atoms with Crippen LogP contribution in [0.2, 0.25) is 0 Å². The maximum Gasteiger partial charge on any atom is 0.417 e. The molecule has 1 aromatic heterocycles. The highest BCUT2D eigenvalue weighted by Gasteiger charge is 2.52. The minimum absolute atomic E-state index is 0.000231. The van der Waals surface area contributed by atoms with Crippen LogP contribution in [0.25, 0.3) is 10.9 Å². The van der Waals surface area contributed by atoms with Crippen molar-refractivity contribution in [3.05, 3.63) is 53.2 Å². The van der Waals surface area contributed by atoms with Gasteiger partial charge in [-0.1, -0.05) is 12.1 Å². The Morgan fingerprint density at radius 3 is 2.33 bits per heavy atom. The monoisotopic (exact) mass is 864 g/mol. The number of thiocarbonyl (C=S) groups is 1. The lowest BCUT2D eigenvalue weighted by atomic mass is 9.89. The Morgan fingerprint density at radius 2 is 1.69 bits per heavy atom. The smallest absolute Gasteiger partial charge is 0.376 e. The summed E-state index contributed by atoms with van der Waals surface area (Å²) < 4.78 is 55.4. The Labute approximate surface area is 357 Å². The Bertz CT molecular complexity index is 2260. The predicted octanol–water partition coefficient (Wildman–Crippen LogP) is 5.92. The van der Waals surface area contributed by atoms with Crippen molar-refractivity contribution < 1.29 is 41.8 Å². The number of likely N-dealkylation sites (tertiary alicyclic amines) is 1. The van der Waals surface area contributed by atoms with Gasteiger partial charge in [0.2, 0.25) is 17.7 Å². The van der Waals surface area contributed by atoms with Crippen LogP contribution in [0.15, 0.2) is 36.4 Å². The maximum absolute atomic E-state index is 13.7. The molecule has 3 aromatic rings. The van der Waals surface area contributed by atoms with E-state index in [1.807, 2.05) is 23.1 Å². The molecular weight excluding hydrogens is 814 g/mol. The summed E-state index contributed by atoms with van der Waals surface area (Å²) in [5.41, 5.74) is -0.855. The molecule has 14 nitrogen and oxygen atoms in total. The molecule has 3 saturated heterocycles. The molecule has 3 aliphatic heterocycles. The van der Waals surface area contributed by atoms with E-state index in [0.29, 0.717) is 62.2 Å². The van der Waals surface area contributed by atoms with E-state index in [4.69, 9.17) is 21.7 Å². The summed E-state index contributed by atoms with van der Waals surface area (Å²) in [6.45, 7) is 8.64. The molecule has 18 heteroatoms. The summed E-state index contributed by atoms with van der Waals surface area (Å²) in [6.07, 6.45) is 0.123. The summed E-state index contributed by atoms with van der Waals surface area (Å²) in [5, 5.41) is 20.2. The van der Waals surface area contributed by atoms with Gasteiger partial charge in [-0.05, 0) is 109 Å². The third-order valence-electron chi connectivity index (χ3n) is 12.6. The van der Waals surface area contributed by atoms with E-state index in [1.165, 1.54) is 6.07 Å². The number of nitrogens with one attached hydrogen (secondary N) is 2.